The second-order valence-corrected chi connectivity index (χ2v) is 9.20. The molecule has 0 amide bonds. The van der Waals surface area contributed by atoms with Crippen molar-refractivity contribution in [2.45, 2.75) is 44.6 Å². The Morgan fingerprint density at radius 2 is 2.03 bits per heavy atom. The normalized spacial score (nSPS) is 13.5. The molecule has 1 aliphatic rings. The molecule has 0 radical (unpaired) electrons. The van der Waals surface area contributed by atoms with E-state index in [0.717, 1.165) is 67.7 Å². The van der Waals surface area contributed by atoms with Crippen molar-refractivity contribution < 1.29 is 14.6 Å². The standard InChI is InChI=1S/C27H36N6O3.ClH/c1-36-18-17-33(15-5-4-8-21-12-11-20-7-6-14-28-25(20)31-21)16-13-24(27(34)35)32-26-22-9-2-3-10-23(22)29-19-30-26;/h2-3,9-12,19,24H,4-8,13-18H2,1H3,(H,28,31)(H,34,35)(H,29,30,32);1H/t24-;/m0./s1. The van der Waals surface area contributed by atoms with Crippen LogP contribution in [-0.2, 0) is 22.4 Å². The van der Waals surface area contributed by atoms with E-state index in [2.05, 4.69) is 37.6 Å². The molecule has 3 heterocycles. The largest absolute Gasteiger partial charge is 0.480 e. The fraction of sp³-hybridized carbons (Fsp3) is 0.481. The summed E-state index contributed by atoms with van der Waals surface area (Å²) in [6.45, 7) is 3.91. The first-order valence-corrected chi connectivity index (χ1v) is 12.8. The van der Waals surface area contributed by atoms with Crippen molar-refractivity contribution in [1.82, 2.24) is 19.9 Å². The quantitative estimate of drug-likeness (QED) is 0.267. The summed E-state index contributed by atoms with van der Waals surface area (Å²) >= 11 is 0. The van der Waals surface area contributed by atoms with Crippen LogP contribution in [0.5, 0.6) is 0 Å². The van der Waals surface area contributed by atoms with Crippen molar-refractivity contribution in [3.05, 3.63) is 54.0 Å². The third kappa shape index (κ3) is 8.24. The molecule has 4 rings (SSSR count). The summed E-state index contributed by atoms with van der Waals surface area (Å²) in [5, 5.41) is 17.2. The number of nitrogens with one attached hydrogen (secondary N) is 2. The molecule has 0 aliphatic carbocycles. The molecular weight excluding hydrogens is 492 g/mol. The summed E-state index contributed by atoms with van der Waals surface area (Å²) in [6.07, 6.45) is 7.16. The molecule has 0 saturated heterocycles. The first-order valence-electron chi connectivity index (χ1n) is 12.8. The highest BCUT2D eigenvalue weighted by atomic mass is 35.5. The predicted molar refractivity (Wildman–Crippen MR) is 149 cm³/mol. The lowest BCUT2D eigenvalue weighted by atomic mass is 10.1. The van der Waals surface area contributed by atoms with E-state index in [4.69, 9.17) is 9.72 Å². The maximum atomic E-state index is 12.0. The average molecular weight is 529 g/mol. The van der Waals surface area contributed by atoms with Crippen molar-refractivity contribution in [1.29, 1.82) is 0 Å². The van der Waals surface area contributed by atoms with Crippen LogP contribution in [0.2, 0.25) is 0 Å². The zero-order valence-corrected chi connectivity index (χ0v) is 22.2. The Morgan fingerprint density at radius 3 is 2.86 bits per heavy atom. The summed E-state index contributed by atoms with van der Waals surface area (Å²) in [5.41, 5.74) is 3.22. The van der Waals surface area contributed by atoms with Gasteiger partial charge in [-0.15, -0.1) is 12.4 Å². The molecule has 0 saturated carbocycles. The van der Waals surface area contributed by atoms with Crippen LogP contribution in [0.3, 0.4) is 0 Å². The van der Waals surface area contributed by atoms with Gasteiger partial charge in [-0.3, -0.25) is 0 Å². The van der Waals surface area contributed by atoms with Crippen LogP contribution >= 0.6 is 12.4 Å². The molecule has 9 nitrogen and oxygen atoms in total. The fourth-order valence-electron chi connectivity index (χ4n) is 4.56. The van der Waals surface area contributed by atoms with Gasteiger partial charge in [0.25, 0.3) is 0 Å². The number of aromatic nitrogens is 3. The molecule has 1 aromatic carbocycles. The van der Waals surface area contributed by atoms with Crippen LogP contribution in [0.1, 0.15) is 36.9 Å². The van der Waals surface area contributed by atoms with Gasteiger partial charge in [0, 0.05) is 37.8 Å². The lowest BCUT2D eigenvalue weighted by Gasteiger charge is -2.24. The van der Waals surface area contributed by atoms with Crippen LogP contribution < -0.4 is 10.6 Å². The third-order valence-electron chi connectivity index (χ3n) is 6.61. The van der Waals surface area contributed by atoms with Gasteiger partial charge in [-0.05, 0) is 68.8 Å². The van der Waals surface area contributed by atoms with Crippen molar-refractivity contribution in [2.75, 3.05) is 50.5 Å². The van der Waals surface area contributed by atoms with Gasteiger partial charge in [0.05, 0.1) is 12.1 Å². The second-order valence-electron chi connectivity index (χ2n) is 9.20. The highest BCUT2D eigenvalue weighted by Gasteiger charge is 2.20. The molecule has 200 valence electrons. The van der Waals surface area contributed by atoms with Crippen LogP contribution in [0.4, 0.5) is 11.6 Å². The molecule has 3 N–H and O–H groups in total. The number of nitrogens with zero attached hydrogens (tertiary/aromatic N) is 4. The molecular formula is C27H37ClN6O3. The summed E-state index contributed by atoms with van der Waals surface area (Å²) in [7, 11) is 1.69. The SMILES string of the molecule is COCCN(CCCCc1ccc2c(n1)NCCC2)CC[C@H](Nc1ncnc2ccccc12)C(=O)O.Cl. The van der Waals surface area contributed by atoms with Gasteiger partial charge in [-0.25, -0.2) is 19.7 Å². The van der Waals surface area contributed by atoms with Crippen molar-refractivity contribution >= 4 is 40.9 Å². The van der Waals surface area contributed by atoms with Crippen molar-refractivity contribution in [3.8, 4) is 0 Å². The fourth-order valence-corrected chi connectivity index (χ4v) is 4.56. The number of fused-ring (bicyclic) bond motifs is 2. The maximum Gasteiger partial charge on any atom is 0.326 e. The van der Waals surface area contributed by atoms with Crippen LogP contribution in [0, 0.1) is 0 Å². The summed E-state index contributed by atoms with van der Waals surface area (Å²) in [5.74, 6) is 0.698. The summed E-state index contributed by atoms with van der Waals surface area (Å²) < 4.78 is 5.29. The number of anilines is 2. The van der Waals surface area contributed by atoms with E-state index in [9.17, 15) is 9.90 Å². The molecule has 0 fully saturated rings. The second kappa shape index (κ2) is 14.7. The van der Waals surface area contributed by atoms with E-state index in [1.54, 1.807) is 7.11 Å². The molecule has 0 spiro atoms. The minimum absolute atomic E-state index is 0. The van der Waals surface area contributed by atoms with Gasteiger partial charge in [-0.2, -0.15) is 0 Å². The smallest absolute Gasteiger partial charge is 0.326 e. The minimum atomic E-state index is -0.892. The van der Waals surface area contributed by atoms with E-state index in [1.807, 2.05) is 24.3 Å². The maximum absolute atomic E-state index is 12.0. The zero-order chi connectivity index (χ0) is 25.2. The van der Waals surface area contributed by atoms with Crippen molar-refractivity contribution in [2.24, 2.45) is 0 Å². The first-order chi connectivity index (χ1) is 17.6. The predicted octanol–water partition coefficient (Wildman–Crippen LogP) is 4.03. The van der Waals surface area contributed by atoms with Crippen LogP contribution in [-0.4, -0.2) is 76.9 Å². The number of para-hydroxylation sites is 1. The Balaban J connectivity index is 0.00000380. The van der Waals surface area contributed by atoms with E-state index in [0.29, 0.717) is 25.4 Å². The number of hydrogen-bond donors (Lipinski definition) is 3. The number of carbonyl (C=O) groups is 1. The number of ether oxygens (including phenoxy) is 1. The van der Waals surface area contributed by atoms with Gasteiger partial charge in [-0.1, -0.05) is 18.2 Å². The number of rotatable bonds is 14. The number of benzene rings is 1. The van der Waals surface area contributed by atoms with E-state index < -0.39 is 12.0 Å². The number of halogens is 1. The Morgan fingerprint density at radius 1 is 1.16 bits per heavy atom. The lowest BCUT2D eigenvalue weighted by Crippen LogP contribution is -2.37. The summed E-state index contributed by atoms with van der Waals surface area (Å²) in [6, 6.07) is 11.2. The van der Waals surface area contributed by atoms with Gasteiger partial charge < -0.3 is 25.4 Å². The molecule has 3 aromatic rings. The van der Waals surface area contributed by atoms with Gasteiger partial charge in [0.1, 0.15) is 24.0 Å². The van der Waals surface area contributed by atoms with Gasteiger partial charge in [0.15, 0.2) is 0 Å². The molecule has 1 aliphatic heterocycles. The van der Waals surface area contributed by atoms with E-state index in [1.165, 1.54) is 18.3 Å². The van der Waals surface area contributed by atoms with Crippen LogP contribution in [0.25, 0.3) is 10.9 Å². The molecule has 37 heavy (non-hydrogen) atoms. The molecule has 0 bridgehead atoms. The van der Waals surface area contributed by atoms with Crippen LogP contribution in [0.15, 0.2) is 42.7 Å². The van der Waals surface area contributed by atoms with Crippen molar-refractivity contribution in [3.63, 3.8) is 0 Å². The number of carboxylic acid groups (broad SMARTS) is 1. The number of unbranched alkanes of at least 4 members (excludes halogenated alkanes) is 1. The highest BCUT2D eigenvalue weighted by molar-refractivity contribution is 5.90. The summed E-state index contributed by atoms with van der Waals surface area (Å²) in [4.78, 5) is 27.6. The molecule has 0 unspecified atom stereocenters. The van der Waals surface area contributed by atoms with E-state index >= 15 is 0 Å². The number of methoxy groups -OCH3 is 1. The average Bonchev–Trinajstić information content (AvgIpc) is 2.91. The first kappa shape index (κ1) is 28.6. The molecule has 2 aromatic heterocycles. The number of pyridine rings is 1. The Kier molecular flexibility index (Phi) is 11.3. The minimum Gasteiger partial charge on any atom is -0.480 e. The highest BCUT2D eigenvalue weighted by Crippen LogP contribution is 2.21. The topological polar surface area (TPSA) is 113 Å². The van der Waals surface area contributed by atoms with Gasteiger partial charge >= 0.3 is 5.97 Å². The molecule has 10 heteroatoms. The number of aliphatic carboxylic acids is 1. The van der Waals surface area contributed by atoms with E-state index in [-0.39, 0.29) is 12.4 Å². The van der Waals surface area contributed by atoms with Gasteiger partial charge in [0.2, 0.25) is 0 Å². The number of carboxylic acids is 1. The Bertz CT molecular complexity index is 1140. The zero-order valence-electron chi connectivity index (χ0n) is 21.4. The molecule has 1 atom stereocenters. The Hall–Kier alpha value is -3.01. The number of aryl methyl sites for hydroxylation is 2. The Labute approximate surface area is 224 Å². The third-order valence-corrected chi connectivity index (χ3v) is 6.61. The monoisotopic (exact) mass is 528 g/mol. The number of hydrogen-bond acceptors (Lipinski definition) is 8. The lowest BCUT2D eigenvalue weighted by molar-refractivity contribution is -0.138.